The molecule has 152 valence electrons. The number of allylic oxidation sites excluding steroid dienone is 2. The Morgan fingerprint density at radius 1 is 1.07 bits per heavy atom. The zero-order chi connectivity index (χ0) is 20.9. The molecule has 0 fully saturated rings. The van der Waals surface area contributed by atoms with Gasteiger partial charge in [-0.1, -0.05) is 55.6 Å². The first-order valence-electron chi connectivity index (χ1n) is 10.3. The highest BCUT2D eigenvalue weighted by Crippen LogP contribution is 2.29. The minimum absolute atomic E-state index is 0.230. The van der Waals surface area contributed by atoms with Gasteiger partial charge >= 0.3 is 0 Å². The highest BCUT2D eigenvalue weighted by Gasteiger charge is 2.19. The lowest BCUT2D eigenvalue weighted by molar-refractivity contribution is 0.470. The van der Waals surface area contributed by atoms with Gasteiger partial charge in [-0.3, -0.25) is 15.1 Å². The van der Waals surface area contributed by atoms with E-state index >= 15 is 0 Å². The second kappa shape index (κ2) is 8.82. The van der Waals surface area contributed by atoms with Crippen LogP contribution in [-0.2, 0) is 0 Å². The van der Waals surface area contributed by atoms with Crippen molar-refractivity contribution in [2.75, 3.05) is 0 Å². The maximum Gasteiger partial charge on any atom is 0.0930 e. The number of hydrogen-bond donors (Lipinski definition) is 2. The summed E-state index contributed by atoms with van der Waals surface area (Å²) in [5.74, 6) is 0. The van der Waals surface area contributed by atoms with E-state index < -0.39 is 0 Å². The summed E-state index contributed by atoms with van der Waals surface area (Å²) in [6.45, 7) is 10.4. The van der Waals surface area contributed by atoms with E-state index in [0.717, 1.165) is 58.9 Å². The van der Waals surface area contributed by atoms with Crippen LogP contribution in [0, 0.1) is 6.92 Å². The van der Waals surface area contributed by atoms with Crippen LogP contribution in [0.1, 0.15) is 42.3 Å². The summed E-state index contributed by atoms with van der Waals surface area (Å²) >= 11 is 0. The zero-order valence-corrected chi connectivity index (χ0v) is 17.3. The van der Waals surface area contributed by atoms with E-state index in [1.54, 1.807) is 6.20 Å². The molecule has 0 saturated heterocycles. The summed E-state index contributed by atoms with van der Waals surface area (Å²) in [5, 5.41) is 4.93. The van der Waals surface area contributed by atoms with Crippen LogP contribution in [0.5, 0.6) is 0 Å². The maximum absolute atomic E-state index is 4.93. The van der Waals surface area contributed by atoms with Crippen molar-refractivity contribution in [2.24, 2.45) is 0 Å². The average molecular weight is 398 g/mol. The first-order valence-corrected chi connectivity index (χ1v) is 10.3. The molecule has 0 bridgehead atoms. The van der Waals surface area contributed by atoms with Gasteiger partial charge in [-0.05, 0) is 44.4 Å². The number of hydrazine groups is 1. The van der Waals surface area contributed by atoms with Crippen LogP contribution < -0.4 is 10.9 Å². The van der Waals surface area contributed by atoms with Crippen LogP contribution in [0.3, 0.4) is 0 Å². The van der Waals surface area contributed by atoms with E-state index in [1.807, 2.05) is 37.3 Å². The molecule has 1 atom stereocenters. The van der Waals surface area contributed by atoms with Crippen molar-refractivity contribution in [1.29, 1.82) is 0 Å². The summed E-state index contributed by atoms with van der Waals surface area (Å²) in [6.07, 6.45) is 9.62. The molecule has 2 N–H and O–H groups in total. The first-order chi connectivity index (χ1) is 14.6. The molecule has 2 heterocycles. The van der Waals surface area contributed by atoms with Gasteiger partial charge in [-0.2, -0.15) is 5.10 Å². The van der Waals surface area contributed by atoms with E-state index in [0.29, 0.717) is 0 Å². The lowest BCUT2D eigenvalue weighted by Gasteiger charge is -2.21. The second-order valence-corrected chi connectivity index (χ2v) is 7.50. The lowest BCUT2D eigenvalue weighted by Crippen LogP contribution is -2.29. The lowest BCUT2D eigenvalue weighted by atomic mass is 10.0. The fourth-order valence-electron chi connectivity index (χ4n) is 3.71. The van der Waals surface area contributed by atoms with Crippen LogP contribution in [0.2, 0.25) is 0 Å². The summed E-state index contributed by atoms with van der Waals surface area (Å²) in [4.78, 5) is 4.32. The molecule has 2 aromatic heterocycles. The number of aryl methyl sites for hydroxylation is 1. The molecule has 5 heteroatoms. The van der Waals surface area contributed by atoms with E-state index in [4.69, 9.17) is 5.10 Å². The minimum Gasteiger partial charge on any atom is -0.301 e. The number of nitrogens with one attached hydrogen (secondary N) is 2. The van der Waals surface area contributed by atoms with Gasteiger partial charge in [0, 0.05) is 23.0 Å². The zero-order valence-electron chi connectivity index (χ0n) is 17.3. The quantitative estimate of drug-likeness (QED) is 0.421. The number of hydrogen-bond acceptors (Lipinski definition) is 4. The van der Waals surface area contributed by atoms with Crippen molar-refractivity contribution in [3.8, 4) is 11.3 Å². The molecule has 1 aliphatic rings. The second-order valence-electron chi connectivity index (χ2n) is 7.50. The van der Waals surface area contributed by atoms with E-state index in [1.165, 1.54) is 0 Å². The Hall–Kier alpha value is -3.60. The van der Waals surface area contributed by atoms with Gasteiger partial charge in [-0.25, -0.2) is 0 Å². The predicted molar refractivity (Wildman–Crippen MR) is 123 cm³/mol. The molecule has 1 aliphatic carbocycles. The first kappa shape index (κ1) is 19.7. The Bertz CT molecular complexity index is 1080. The molecule has 0 spiro atoms. The third kappa shape index (κ3) is 4.20. The molecule has 30 heavy (non-hydrogen) atoms. The van der Waals surface area contributed by atoms with Crippen molar-refractivity contribution in [3.05, 3.63) is 97.0 Å². The fourth-order valence-corrected chi connectivity index (χ4v) is 3.71. The highest BCUT2D eigenvalue weighted by molar-refractivity contribution is 5.69. The van der Waals surface area contributed by atoms with E-state index in [9.17, 15) is 0 Å². The Morgan fingerprint density at radius 3 is 2.60 bits per heavy atom. The molecule has 4 rings (SSSR count). The summed E-state index contributed by atoms with van der Waals surface area (Å²) in [6, 6.07) is 16.5. The molecular formula is C25H27N5. The molecule has 5 nitrogen and oxygen atoms in total. The third-order valence-corrected chi connectivity index (χ3v) is 5.35. The SMILES string of the molecule is C=C(NNC(=C)c1cc(-c2ccccc2)nn1C1C=CCCC1)c1cccnc1C. The summed E-state index contributed by atoms with van der Waals surface area (Å²) < 4.78 is 2.08. The molecule has 0 amide bonds. The Labute approximate surface area is 177 Å². The van der Waals surface area contributed by atoms with Crippen LogP contribution in [0.4, 0.5) is 0 Å². The van der Waals surface area contributed by atoms with Gasteiger partial charge in [0.15, 0.2) is 0 Å². The maximum atomic E-state index is 4.93. The van der Waals surface area contributed by atoms with Crippen molar-refractivity contribution in [2.45, 2.75) is 32.2 Å². The van der Waals surface area contributed by atoms with Crippen LogP contribution in [0.15, 0.2) is 80.0 Å². The number of pyridine rings is 1. The number of rotatable bonds is 7. The smallest absolute Gasteiger partial charge is 0.0930 e. The van der Waals surface area contributed by atoms with Gasteiger partial charge in [-0.15, -0.1) is 0 Å². The van der Waals surface area contributed by atoms with Crippen molar-refractivity contribution >= 4 is 11.4 Å². The molecular weight excluding hydrogens is 370 g/mol. The molecule has 3 aromatic rings. The number of nitrogens with zero attached hydrogens (tertiary/aromatic N) is 3. The van der Waals surface area contributed by atoms with E-state index in [-0.39, 0.29) is 6.04 Å². The van der Waals surface area contributed by atoms with Crippen LogP contribution >= 0.6 is 0 Å². The molecule has 0 radical (unpaired) electrons. The van der Waals surface area contributed by atoms with Crippen molar-refractivity contribution in [3.63, 3.8) is 0 Å². The van der Waals surface area contributed by atoms with Gasteiger partial charge in [0.1, 0.15) is 0 Å². The monoisotopic (exact) mass is 397 g/mol. The van der Waals surface area contributed by atoms with E-state index in [2.05, 4.69) is 64.0 Å². The molecule has 1 aromatic carbocycles. The fraction of sp³-hybridized carbons (Fsp3) is 0.200. The standard InChI is InChI=1S/C25H27N5/c1-18-23(15-10-16-26-18)19(2)27-28-20(3)25-17-24(21-11-6-4-7-12-21)29-30(25)22-13-8-5-9-14-22/h4,6-8,10-13,15-17,22,27-28H,2-3,5,9,14H2,1H3. The Kier molecular flexibility index (Phi) is 5.80. The molecule has 1 unspecified atom stereocenters. The Balaban J connectivity index is 1.58. The Morgan fingerprint density at radius 2 is 1.87 bits per heavy atom. The van der Waals surface area contributed by atoms with Gasteiger partial charge in [0.2, 0.25) is 0 Å². The predicted octanol–water partition coefficient (Wildman–Crippen LogP) is 5.27. The van der Waals surface area contributed by atoms with Gasteiger partial charge in [0.25, 0.3) is 0 Å². The highest BCUT2D eigenvalue weighted by atomic mass is 15.4. The average Bonchev–Trinajstić information content (AvgIpc) is 3.24. The largest absolute Gasteiger partial charge is 0.301 e. The summed E-state index contributed by atoms with van der Waals surface area (Å²) in [5.41, 5.74) is 12.7. The summed E-state index contributed by atoms with van der Waals surface area (Å²) in [7, 11) is 0. The van der Waals surface area contributed by atoms with Crippen LogP contribution in [-0.4, -0.2) is 14.8 Å². The van der Waals surface area contributed by atoms with Gasteiger partial charge in [0.05, 0.1) is 28.8 Å². The molecule has 0 saturated carbocycles. The normalized spacial score (nSPS) is 15.6. The molecule has 0 aliphatic heterocycles. The van der Waals surface area contributed by atoms with Crippen molar-refractivity contribution < 1.29 is 0 Å². The third-order valence-electron chi connectivity index (χ3n) is 5.35. The number of benzene rings is 1. The van der Waals surface area contributed by atoms with Crippen LogP contribution in [0.25, 0.3) is 22.7 Å². The topological polar surface area (TPSA) is 54.8 Å². The number of aromatic nitrogens is 3. The van der Waals surface area contributed by atoms with Gasteiger partial charge < -0.3 is 5.43 Å². The minimum atomic E-state index is 0.230. The van der Waals surface area contributed by atoms with Crippen molar-refractivity contribution in [1.82, 2.24) is 25.6 Å².